The van der Waals surface area contributed by atoms with Crippen LogP contribution in [0.5, 0.6) is 0 Å². The summed E-state index contributed by atoms with van der Waals surface area (Å²) in [5.74, 6) is 1.72. The molecule has 1 aromatic heterocycles. The molecule has 1 aliphatic carbocycles. The van der Waals surface area contributed by atoms with Crippen molar-refractivity contribution in [2.75, 3.05) is 7.05 Å². The van der Waals surface area contributed by atoms with Crippen molar-refractivity contribution in [3.63, 3.8) is 0 Å². The number of rotatable bonds is 4. The van der Waals surface area contributed by atoms with E-state index in [4.69, 9.17) is 4.42 Å². The monoisotopic (exact) mass is 285 g/mol. The Morgan fingerprint density at radius 3 is 2.86 bits per heavy atom. The molecule has 1 aliphatic rings. The highest BCUT2D eigenvalue weighted by Gasteiger charge is 2.24. The number of hydrogen-bond donors (Lipinski definition) is 0. The first-order valence-electron chi connectivity index (χ1n) is 7.75. The molecule has 4 nitrogen and oxygen atoms in total. The molecule has 0 spiro atoms. The first-order chi connectivity index (χ1) is 10.1. The molecule has 0 unspecified atom stereocenters. The van der Waals surface area contributed by atoms with Gasteiger partial charge in [-0.15, -0.1) is 10.2 Å². The molecule has 0 radical (unpaired) electrons. The molecule has 1 aromatic carbocycles. The van der Waals surface area contributed by atoms with Gasteiger partial charge in [-0.05, 0) is 37.4 Å². The molecule has 1 heterocycles. The molecule has 3 rings (SSSR count). The predicted molar refractivity (Wildman–Crippen MR) is 82.0 cm³/mol. The average molecular weight is 285 g/mol. The molecule has 21 heavy (non-hydrogen) atoms. The van der Waals surface area contributed by atoms with Crippen LogP contribution in [0.3, 0.4) is 0 Å². The molecule has 2 aromatic rings. The van der Waals surface area contributed by atoms with E-state index in [1.54, 1.807) is 0 Å². The van der Waals surface area contributed by atoms with E-state index >= 15 is 0 Å². The van der Waals surface area contributed by atoms with Crippen LogP contribution < -0.4 is 0 Å². The fraction of sp³-hybridized carbons (Fsp3) is 0.529. The van der Waals surface area contributed by atoms with Crippen LogP contribution >= 0.6 is 0 Å². The molecule has 1 atom stereocenters. The average Bonchev–Trinajstić information content (AvgIpc) is 2.95. The van der Waals surface area contributed by atoms with Gasteiger partial charge in [-0.3, -0.25) is 4.90 Å². The summed E-state index contributed by atoms with van der Waals surface area (Å²) < 4.78 is 5.73. The van der Waals surface area contributed by atoms with Crippen molar-refractivity contribution in [3.8, 4) is 0 Å². The van der Waals surface area contributed by atoms with E-state index in [0.717, 1.165) is 5.89 Å². The lowest BCUT2D eigenvalue weighted by atomic mass is 9.87. The number of hydrogen-bond acceptors (Lipinski definition) is 4. The Labute approximate surface area is 126 Å². The summed E-state index contributed by atoms with van der Waals surface area (Å²) in [5.41, 5.74) is 2.93. The first-order valence-corrected chi connectivity index (χ1v) is 7.75. The Hall–Kier alpha value is -1.68. The van der Waals surface area contributed by atoms with Crippen LogP contribution in [-0.2, 0) is 13.0 Å². The molecule has 0 bridgehead atoms. The number of aromatic nitrogens is 2. The molecule has 112 valence electrons. The Balaban J connectivity index is 1.75. The molecular formula is C17H23N3O. The van der Waals surface area contributed by atoms with Gasteiger partial charge in [-0.1, -0.05) is 38.1 Å². The van der Waals surface area contributed by atoms with Crippen LogP contribution in [0.25, 0.3) is 0 Å². The summed E-state index contributed by atoms with van der Waals surface area (Å²) in [6.07, 6.45) is 3.63. The number of aryl methyl sites for hydroxylation is 1. The maximum absolute atomic E-state index is 5.73. The Morgan fingerprint density at radius 2 is 2.10 bits per heavy atom. The SMILES string of the molecule is CC(C)c1nnc(CN(C)[C@@H]2CCCc3ccccc32)o1. The fourth-order valence-corrected chi connectivity index (χ4v) is 3.07. The van der Waals surface area contributed by atoms with Gasteiger partial charge in [0.1, 0.15) is 0 Å². The Bertz CT molecular complexity index is 606. The smallest absolute Gasteiger partial charge is 0.230 e. The largest absolute Gasteiger partial charge is 0.424 e. The van der Waals surface area contributed by atoms with E-state index in [1.807, 2.05) is 0 Å². The minimum Gasteiger partial charge on any atom is -0.424 e. The van der Waals surface area contributed by atoms with Crippen molar-refractivity contribution < 1.29 is 4.42 Å². The van der Waals surface area contributed by atoms with E-state index in [2.05, 4.69) is 60.3 Å². The van der Waals surface area contributed by atoms with Crippen LogP contribution in [-0.4, -0.2) is 22.1 Å². The summed E-state index contributed by atoms with van der Waals surface area (Å²) in [5, 5.41) is 8.28. The molecule has 0 saturated carbocycles. The molecule has 0 N–H and O–H groups in total. The van der Waals surface area contributed by atoms with Crippen molar-refractivity contribution in [1.82, 2.24) is 15.1 Å². The predicted octanol–water partition coefficient (Wildman–Crippen LogP) is 3.70. The van der Waals surface area contributed by atoms with Gasteiger partial charge in [0.15, 0.2) is 0 Å². The zero-order valence-corrected chi connectivity index (χ0v) is 13.0. The maximum Gasteiger partial charge on any atom is 0.230 e. The second-order valence-electron chi connectivity index (χ2n) is 6.21. The fourth-order valence-electron chi connectivity index (χ4n) is 3.07. The highest BCUT2D eigenvalue weighted by atomic mass is 16.4. The van der Waals surface area contributed by atoms with E-state index in [0.29, 0.717) is 18.5 Å². The van der Waals surface area contributed by atoms with E-state index in [1.165, 1.54) is 30.4 Å². The maximum atomic E-state index is 5.73. The van der Waals surface area contributed by atoms with Crippen molar-refractivity contribution in [1.29, 1.82) is 0 Å². The first kappa shape index (κ1) is 14.3. The summed E-state index contributed by atoms with van der Waals surface area (Å²) in [7, 11) is 2.14. The minimum atomic E-state index is 0.284. The highest BCUT2D eigenvalue weighted by molar-refractivity contribution is 5.32. The van der Waals surface area contributed by atoms with Gasteiger partial charge in [-0.25, -0.2) is 0 Å². The third-order valence-electron chi connectivity index (χ3n) is 4.23. The lowest BCUT2D eigenvalue weighted by molar-refractivity contribution is 0.192. The number of nitrogens with zero attached hydrogens (tertiary/aromatic N) is 3. The van der Waals surface area contributed by atoms with Gasteiger partial charge in [-0.2, -0.15) is 0 Å². The third-order valence-corrected chi connectivity index (χ3v) is 4.23. The lowest BCUT2D eigenvalue weighted by Gasteiger charge is -2.32. The van der Waals surface area contributed by atoms with Gasteiger partial charge < -0.3 is 4.42 Å². The van der Waals surface area contributed by atoms with Gasteiger partial charge in [0, 0.05) is 12.0 Å². The molecule has 0 fully saturated rings. The Morgan fingerprint density at radius 1 is 1.29 bits per heavy atom. The van der Waals surface area contributed by atoms with Crippen LogP contribution in [0.4, 0.5) is 0 Å². The van der Waals surface area contributed by atoms with Gasteiger partial charge in [0.2, 0.25) is 11.8 Å². The minimum absolute atomic E-state index is 0.284. The number of fused-ring (bicyclic) bond motifs is 1. The second-order valence-corrected chi connectivity index (χ2v) is 6.21. The topological polar surface area (TPSA) is 42.2 Å². The molecule has 0 saturated heterocycles. The summed E-state index contributed by atoms with van der Waals surface area (Å²) in [6, 6.07) is 9.22. The molecule has 0 amide bonds. The van der Waals surface area contributed by atoms with Crippen molar-refractivity contribution in [3.05, 3.63) is 47.2 Å². The van der Waals surface area contributed by atoms with E-state index in [-0.39, 0.29) is 5.92 Å². The normalized spacial score (nSPS) is 18.2. The summed E-state index contributed by atoms with van der Waals surface area (Å²) in [6.45, 7) is 4.84. The van der Waals surface area contributed by atoms with Crippen molar-refractivity contribution in [2.24, 2.45) is 0 Å². The summed E-state index contributed by atoms with van der Waals surface area (Å²) in [4.78, 5) is 2.33. The van der Waals surface area contributed by atoms with E-state index < -0.39 is 0 Å². The third kappa shape index (κ3) is 3.00. The number of benzene rings is 1. The van der Waals surface area contributed by atoms with Gasteiger partial charge >= 0.3 is 0 Å². The Kier molecular flexibility index (Phi) is 4.06. The molecule has 4 heteroatoms. The van der Waals surface area contributed by atoms with Gasteiger partial charge in [0.25, 0.3) is 0 Å². The molecule has 0 aliphatic heterocycles. The van der Waals surface area contributed by atoms with Crippen LogP contribution in [0.1, 0.15) is 61.6 Å². The lowest BCUT2D eigenvalue weighted by Crippen LogP contribution is -2.27. The second kappa shape index (κ2) is 5.98. The summed E-state index contributed by atoms with van der Waals surface area (Å²) >= 11 is 0. The quantitative estimate of drug-likeness (QED) is 0.859. The van der Waals surface area contributed by atoms with Crippen LogP contribution in [0.2, 0.25) is 0 Å². The highest BCUT2D eigenvalue weighted by Crippen LogP contribution is 2.34. The van der Waals surface area contributed by atoms with Crippen LogP contribution in [0.15, 0.2) is 28.7 Å². The van der Waals surface area contributed by atoms with Crippen molar-refractivity contribution in [2.45, 2.75) is 51.6 Å². The van der Waals surface area contributed by atoms with E-state index in [9.17, 15) is 0 Å². The zero-order chi connectivity index (χ0) is 14.8. The standard InChI is InChI=1S/C17H23N3O/c1-12(2)17-19-18-16(21-17)11-20(3)15-10-6-8-13-7-4-5-9-14(13)15/h4-5,7,9,12,15H,6,8,10-11H2,1-3H3/t15-/m1/s1. The van der Waals surface area contributed by atoms with Gasteiger partial charge in [0.05, 0.1) is 6.54 Å². The molecular weight excluding hydrogens is 262 g/mol. The zero-order valence-electron chi connectivity index (χ0n) is 13.0. The van der Waals surface area contributed by atoms with Crippen molar-refractivity contribution >= 4 is 0 Å². The van der Waals surface area contributed by atoms with Crippen LogP contribution in [0, 0.1) is 0 Å².